The molecule has 1 atom stereocenters. The molecule has 1 aliphatic heterocycles. The number of thiophene rings is 1. The van der Waals surface area contributed by atoms with Crippen LogP contribution in [0.4, 0.5) is 5.69 Å². The van der Waals surface area contributed by atoms with Crippen LogP contribution in [-0.2, 0) is 16.4 Å². The predicted molar refractivity (Wildman–Crippen MR) is 114 cm³/mol. The van der Waals surface area contributed by atoms with Crippen molar-refractivity contribution >= 4 is 32.8 Å². The zero-order valence-electron chi connectivity index (χ0n) is 16.5. The van der Waals surface area contributed by atoms with Crippen LogP contribution in [0, 0.1) is 0 Å². The quantitative estimate of drug-likeness (QED) is 0.755. The number of aliphatic hydroxyl groups excluding tert-OH is 1. The van der Waals surface area contributed by atoms with E-state index < -0.39 is 16.1 Å². The Balaban J connectivity index is 1.48. The number of nitrogens with zero attached hydrogens (tertiary/aromatic N) is 2. The number of benzene rings is 1. The summed E-state index contributed by atoms with van der Waals surface area (Å²) in [5.74, 6) is 0.0264. The first-order chi connectivity index (χ1) is 13.9. The molecular formula is C21H26N2O4S2. The van der Waals surface area contributed by atoms with E-state index in [1.54, 1.807) is 5.38 Å². The van der Waals surface area contributed by atoms with Crippen LogP contribution in [0.2, 0.25) is 0 Å². The summed E-state index contributed by atoms with van der Waals surface area (Å²) in [6.45, 7) is 2.07. The Morgan fingerprint density at radius 2 is 1.83 bits per heavy atom. The lowest BCUT2D eigenvalue weighted by Gasteiger charge is -2.23. The van der Waals surface area contributed by atoms with E-state index in [1.807, 2.05) is 24.3 Å². The summed E-state index contributed by atoms with van der Waals surface area (Å²) in [4.78, 5) is 15.1. The van der Waals surface area contributed by atoms with Gasteiger partial charge in [-0.25, -0.2) is 8.42 Å². The van der Waals surface area contributed by atoms with Gasteiger partial charge in [-0.15, -0.1) is 11.3 Å². The van der Waals surface area contributed by atoms with Crippen molar-refractivity contribution in [2.45, 2.75) is 43.1 Å². The Kier molecular flexibility index (Phi) is 5.79. The first kappa shape index (κ1) is 20.5. The van der Waals surface area contributed by atoms with Crippen molar-refractivity contribution in [1.29, 1.82) is 0 Å². The van der Waals surface area contributed by atoms with Gasteiger partial charge in [0.15, 0.2) is 5.78 Å². The molecule has 1 fully saturated rings. The summed E-state index contributed by atoms with van der Waals surface area (Å²) in [6, 6.07) is 7.70. The molecule has 2 aromatic rings. The number of hydrogen-bond donors (Lipinski definition) is 1. The van der Waals surface area contributed by atoms with E-state index in [2.05, 4.69) is 4.90 Å². The number of sulfonamides is 1. The lowest BCUT2D eigenvalue weighted by molar-refractivity contribution is 0.0976. The fraction of sp³-hybridized carbons (Fsp3) is 0.476. The lowest BCUT2D eigenvalue weighted by atomic mass is 9.98. The molecule has 1 aliphatic carbocycles. The largest absolute Gasteiger partial charge is 0.387 e. The number of ketones is 1. The molecule has 0 radical (unpaired) electrons. The Hall–Kier alpha value is -1.74. The third-order valence-corrected chi connectivity index (χ3v) is 8.91. The van der Waals surface area contributed by atoms with Gasteiger partial charge in [0.1, 0.15) is 0 Å². The van der Waals surface area contributed by atoms with Gasteiger partial charge >= 0.3 is 0 Å². The maximum Gasteiger partial charge on any atom is 0.244 e. The first-order valence-electron chi connectivity index (χ1n) is 10.0. The van der Waals surface area contributed by atoms with E-state index in [-0.39, 0.29) is 17.2 Å². The Labute approximate surface area is 175 Å². The molecule has 0 amide bonds. The predicted octanol–water partition coefficient (Wildman–Crippen LogP) is 3.22. The average Bonchev–Trinajstić information content (AvgIpc) is 3.39. The molecule has 2 aliphatic rings. The monoisotopic (exact) mass is 434 g/mol. The normalized spacial score (nSPS) is 18.3. The van der Waals surface area contributed by atoms with E-state index in [0.717, 1.165) is 18.8 Å². The van der Waals surface area contributed by atoms with E-state index in [9.17, 15) is 18.3 Å². The minimum absolute atomic E-state index is 0.0264. The van der Waals surface area contributed by atoms with Crippen molar-refractivity contribution in [3.05, 3.63) is 45.6 Å². The van der Waals surface area contributed by atoms with Crippen molar-refractivity contribution in [3.8, 4) is 0 Å². The third kappa shape index (κ3) is 3.99. The number of hydrogen-bond acceptors (Lipinski definition) is 6. The molecule has 0 saturated carbocycles. The third-order valence-electron chi connectivity index (χ3n) is 5.81. The number of likely N-dealkylation sites (N-methyl/N-ethyl adjacent to an activating group) is 1. The number of carbonyl (C=O) groups is 1. The topological polar surface area (TPSA) is 77.9 Å². The SMILES string of the molecule is CN(CC(O)c1ccc(N2CCCC2)cc1)S(=O)(=O)c1csc2c1CCCC2=O. The summed E-state index contributed by atoms with van der Waals surface area (Å²) in [7, 11) is -2.28. The number of fused-ring (bicyclic) bond motifs is 1. The number of aliphatic hydroxyl groups is 1. The molecule has 0 spiro atoms. The van der Waals surface area contributed by atoms with Gasteiger partial charge in [-0.1, -0.05) is 12.1 Å². The molecule has 1 aromatic heterocycles. The van der Waals surface area contributed by atoms with Gasteiger partial charge in [-0.05, 0) is 48.9 Å². The summed E-state index contributed by atoms with van der Waals surface area (Å²) < 4.78 is 27.3. The second-order valence-corrected chi connectivity index (χ2v) is 10.7. The van der Waals surface area contributed by atoms with Crippen molar-refractivity contribution in [2.24, 2.45) is 0 Å². The molecule has 1 N–H and O–H groups in total. The zero-order valence-corrected chi connectivity index (χ0v) is 18.1. The summed E-state index contributed by atoms with van der Waals surface area (Å²) in [5, 5.41) is 12.2. The highest BCUT2D eigenvalue weighted by atomic mass is 32.2. The molecule has 156 valence electrons. The van der Waals surface area contributed by atoms with Gasteiger partial charge in [0.05, 0.1) is 15.9 Å². The molecule has 1 saturated heterocycles. The van der Waals surface area contributed by atoms with Crippen LogP contribution in [0.1, 0.15) is 52.6 Å². The van der Waals surface area contributed by atoms with Gasteiger partial charge in [-0.2, -0.15) is 4.31 Å². The fourth-order valence-electron chi connectivity index (χ4n) is 4.09. The average molecular weight is 435 g/mol. The van der Waals surface area contributed by atoms with Gasteiger partial charge in [0.25, 0.3) is 0 Å². The summed E-state index contributed by atoms with van der Waals surface area (Å²) >= 11 is 1.21. The van der Waals surface area contributed by atoms with E-state index in [1.165, 1.54) is 35.5 Å². The maximum absolute atomic E-state index is 13.1. The van der Waals surface area contributed by atoms with Crippen LogP contribution in [-0.4, -0.2) is 50.3 Å². The molecular weight excluding hydrogens is 408 g/mol. The number of carbonyl (C=O) groups excluding carboxylic acids is 1. The first-order valence-corrected chi connectivity index (χ1v) is 12.3. The maximum atomic E-state index is 13.1. The summed E-state index contributed by atoms with van der Waals surface area (Å²) in [5.41, 5.74) is 2.47. The molecule has 8 heteroatoms. The number of rotatable bonds is 6. The van der Waals surface area contributed by atoms with Crippen LogP contribution in [0.25, 0.3) is 0 Å². The van der Waals surface area contributed by atoms with Crippen molar-refractivity contribution < 1.29 is 18.3 Å². The lowest BCUT2D eigenvalue weighted by Crippen LogP contribution is -2.31. The Bertz CT molecular complexity index is 992. The van der Waals surface area contributed by atoms with Crippen molar-refractivity contribution in [1.82, 2.24) is 4.31 Å². The molecule has 2 heterocycles. The smallest absolute Gasteiger partial charge is 0.244 e. The highest BCUT2D eigenvalue weighted by molar-refractivity contribution is 7.89. The highest BCUT2D eigenvalue weighted by Gasteiger charge is 2.31. The molecule has 4 rings (SSSR count). The second kappa shape index (κ2) is 8.18. The molecule has 0 bridgehead atoms. The van der Waals surface area contributed by atoms with Crippen molar-refractivity contribution in [2.75, 3.05) is 31.6 Å². The van der Waals surface area contributed by atoms with Gasteiger partial charge in [0.2, 0.25) is 10.0 Å². The van der Waals surface area contributed by atoms with E-state index in [0.29, 0.717) is 35.3 Å². The minimum atomic E-state index is -3.76. The molecule has 29 heavy (non-hydrogen) atoms. The van der Waals surface area contributed by atoms with Crippen molar-refractivity contribution in [3.63, 3.8) is 0 Å². The molecule has 1 aromatic carbocycles. The highest BCUT2D eigenvalue weighted by Crippen LogP contribution is 2.34. The molecule has 1 unspecified atom stereocenters. The molecule has 6 nitrogen and oxygen atoms in total. The number of Topliss-reactive ketones (excluding diaryl/α,β-unsaturated/α-hetero) is 1. The van der Waals surface area contributed by atoms with Crippen LogP contribution in [0.3, 0.4) is 0 Å². The standard InChI is InChI=1S/C21H26N2O4S2/c1-22(29(26,27)20-14-28-21-17(20)5-4-6-18(21)24)13-19(25)15-7-9-16(10-8-15)23-11-2-3-12-23/h7-10,14,19,25H,2-6,11-13H2,1H3. The van der Waals surface area contributed by atoms with Gasteiger partial charge in [0, 0.05) is 44.2 Å². The second-order valence-electron chi connectivity index (χ2n) is 7.77. The van der Waals surface area contributed by atoms with Crippen LogP contribution in [0.15, 0.2) is 34.5 Å². The minimum Gasteiger partial charge on any atom is -0.387 e. The van der Waals surface area contributed by atoms with E-state index >= 15 is 0 Å². The van der Waals surface area contributed by atoms with Crippen LogP contribution < -0.4 is 4.90 Å². The Morgan fingerprint density at radius 3 is 2.52 bits per heavy atom. The van der Waals surface area contributed by atoms with Gasteiger partial charge in [-0.3, -0.25) is 4.79 Å². The number of anilines is 1. The summed E-state index contributed by atoms with van der Waals surface area (Å²) in [6.07, 6.45) is 3.25. The fourth-order valence-corrected chi connectivity index (χ4v) is 6.93. The van der Waals surface area contributed by atoms with Gasteiger partial charge < -0.3 is 10.0 Å². The van der Waals surface area contributed by atoms with Crippen LogP contribution >= 0.6 is 11.3 Å². The van der Waals surface area contributed by atoms with Crippen LogP contribution in [0.5, 0.6) is 0 Å². The van der Waals surface area contributed by atoms with E-state index in [4.69, 9.17) is 0 Å². The Morgan fingerprint density at radius 1 is 1.14 bits per heavy atom. The zero-order chi connectivity index (χ0) is 20.6.